The van der Waals surface area contributed by atoms with E-state index in [1.807, 2.05) is 12.1 Å². The SMILES string of the molecule is CCNC(=NCC(c1ccccc1OC)N(C)C)N(C)CC1CCOC1.I. The quantitative estimate of drug-likeness (QED) is 0.345. The van der Waals surface area contributed by atoms with Gasteiger partial charge in [0.1, 0.15) is 5.75 Å². The average Bonchev–Trinajstić information content (AvgIpc) is 3.14. The minimum absolute atomic E-state index is 0. The molecule has 0 amide bonds. The Balaban J connectivity index is 0.00000364. The molecule has 154 valence electrons. The largest absolute Gasteiger partial charge is 0.496 e. The van der Waals surface area contributed by atoms with Gasteiger partial charge in [-0.05, 0) is 33.5 Å². The lowest BCUT2D eigenvalue weighted by Gasteiger charge is -2.28. The Kier molecular flexibility index (Phi) is 11.0. The van der Waals surface area contributed by atoms with Crippen LogP contribution in [0.25, 0.3) is 0 Å². The van der Waals surface area contributed by atoms with Gasteiger partial charge in [-0.15, -0.1) is 24.0 Å². The van der Waals surface area contributed by atoms with Crippen molar-refractivity contribution in [1.82, 2.24) is 15.1 Å². The maximum Gasteiger partial charge on any atom is 0.193 e. The minimum atomic E-state index is 0. The number of benzene rings is 1. The molecular weight excluding hydrogens is 455 g/mol. The predicted molar refractivity (Wildman–Crippen MR) is 122 cm³/mol. The van der Waals surface area contributed by atoms with Gasteiger partial charge in [0.15, 0.2) is 5.96 Å². The summed E-state index contributed by atoms with van der Waals surface area (Å²) in [6, 6.07) is 8.33. The lowest BCUT2D eigenvalue weighted by Crippen LogP contribution is -2.42. The van der Waals surface area contributed by atoms with Crippen molar-refractivity contribution in [2.75, 3.05) is 61.1 Å². The summed E-state index contributed by atoms with van der Waals surface area (Å²) in [7, 11) is 7.99. The summed E-state index contributed by atoms with van der Waals surface area (Å²) < 4.78 is 11.1. The third-order valence-electron chi connectivity index (χ3n) is 4.79. The van der Waals surface area contributed by atoms with E-state index in [2.05, 4.69) is 55.3 Å². The summed E-state index contributed by atoms with van der Waals surface area (Å²) >= 11 is 0. The van der Waals surface area contributed by atoms with E-state index in [1.54, 1.807) is 7.11 Å². The molecule has 27 heavy (non-hydrogen) atoms. The van der Waals surface area contributed by atoms with Gasteiger partial charge in [-0.3, -0.25) is 4.99 Å². The van der Waals surface area contributed by atoms with Gasteiger partial charge in [0.05, 0.1) is 26.3 Å². The molecule has 0 aliphatic carbocycles. The highest BCUT2D eigenvalue weighted by atomic mass is 127. The van der Waals surface area contributed by atoms with Crippen LogP contribution >= 0.6 is 24.0 Å². The summed E-state index contributed by atoms with van der Waals surface area (Å²) in [5.74, 6) is 2.44. The van der Waals surface area contributed by atoms with Crippen LogP contribution in [0.3, 0.4) is 0 Å². The highest BCUT2D eigenvalue weighted by Gasteiger charge is 2.21. The van der Waals surface area contributed by atoms with Crippen molar-refractivity contribution < 1.29 is 9.47 Å². The lowest BCUT2D eigenvalue weighted by molar-refractivity contribution is 0.181. The monoisotopic (exact) mass is 490 g/mol. The Bertz CT molecular complexity index is 577. The summed E-state index contributed by atoms with van der Waals surface area (Å²) in [6.07, 6.45) is 1.13. The third kappa shape index (κ3) is 7.12. The van der Waals surface area contributed by atoms with E-state index in [1.165, 1.54) is 0 Å². The van der Waals surface area contributed by atoms with Gasteiger partial charge in [-0.25, -0.2) is 0 Å². The van der Waals surface area contributed by atoms with E-state index >= 15 is 0 Å². The second-order valence-electron chi connectivity index (χ2n) is 7.03. The Hall–Kier alpha value is -1.06. The first-order valence-corrected chi connectivity index (χ1v) is 9.43. The van der Waals surface area contributed by atoms with Crippen molar-refractivity contribution in [3.63, 3.8) is 0 Å². The van der Waals surface area contributed by atoms with Crippen molar-refractivity contribution in [2.45, 2.75) is 19.4 Å². The van der Waals surface area contributed by atoms with Crippen molar-refractivity contribution in [2.24, 2.45) is 10.9 Å². The van der Waals surface area contributed by atoms with Crippen LogP contribution in [0.4, 0.5) is 0 Å². The molecule has 2 atom stereocenters. The molecule has 1 aliphatic heterocycles. The maximum absolute atomic E-state index is 5.55. The zero-order chi connectivity index (χ0) is 18.9. The van der Waals surface area contributed by atoms with Crippen LogP contribution in [0, 0.1) is 5.92 Å². The molecule has 6 nitrogen and oxygen atoms in total. The van der Waals surface area contributed by atoms with Gasteiger partial charge < -0.3 is 24.6 Å². The van der Waals surface area contributed by atoms with E-state index in [9.17, 15) is 0 Å². The fraction of sp³-hybridized carbons (Fsp3) is 0.650. The number of halogens is 1. The highest BCUT2D eigenvalue weighted by Crippen LogP contribution is 2.28. The fourth-order valence-electron chi connectivity index (χ4n) is 3.33. The van der Waals surface area contributed by atoms with Crippen LogP contribution in [0.2, 0.25) is 0 Å². The molecule has 7 heteroatoms. The number of ether oxygens (including phenoxy) is 2. The molecular formula is C20H35IN4O2. The lowest BCUT2D eigenvalue weighted by atomic mass is 10.0. The molecule has 0 radical (unpaired) electrons. The van der Waals surface area contributed by atoms with Gasteiger partial charge in [-0.2, -0.15) is 0 Å². The Morgan fingerprint density at radius 1 is 1.33 bits per heavy atom. The topological polar surface area (TPSA) is 49.3 Å². The first-order valence-electron chi connectivity index (χ1n) is 9.43. The fourth-order valence-corrected chi connectivity index (χ4v) is 3.33. The zero-order valence-electron chi connectivity index (χ0n) is 17.3. The van der Waals surface area contributed by atoms with E-state index in [4.69, 9.17) is 14.5 Å². The number of hydrogen-bond donors (Lipinski definition) is 1. The van der Waals surface area contributed by atoms with Crippen LogP contribution in [0.15, 0.2) is 29.3 Å². The number of nitrogens with one attached hydrogen (secondary N) is 1. The van der Waals surface area contributed by atoms with E-state index < -0.39 is 0 Å². The van der Waals surface area contributed by atoms with Crippen LogP contribution < -0.4 is 10.1 Å². The number of methoxy groups -OCH3 is 1. The molecule has 0 aromatic heterocycles. The normalized spacial score (nSPS) is 18.1. The second kappa shape index (κ2) is 12.4. The highest BCUT2D eigenvalue weighted by molar-refractivity contribution is 14.0. The number of likely N-dealkylation sites (N-methyl/N-ethyl adjacent to an activating group) is 1. The van der Waals surface area contributed by atoms with Gasteiger partial charge in [0.2, 0.25) is 0 Å². The first kappa shape index (κ1) is 24.0. The van der Waals surface area contributed by atoms with Gasteiger partial charge in [0, 0.05) is 38.2 Å². The van der Waals surface area contributed by atoms with E-state index in [-0.39, 0.29) is 30.0 Å². The minimum Gasteiger partial charge on any atom is -0.496 e. The van der Waals surface area contributed by atoms with E-state index in [0.717, 1.165) is 50.0 Å². The summed E-state index contributed by atoms with van der Waals surface area (Å²) in [5.41, 5.74) is 1.16. The molecule has 1 N–H and O–H groups in total. The third-order valence-corrected chi connectivity index (χ3v) is 4.79. The second-order valence-corrected chi connectivity index (χ2v) is 7.03. The number of guanidine groups is 1. The number of rotatable bonds is 8. The van der Waals surface area contributed by atoms with Crippen LogP contribution in [-0.2, 0) is 4.74 Å². The van der Waals surface area contributed by atoms with Crippen molar-refractivity contribution >= 4 is 29.9 Å². The molecule has 2 rings (SSSR count). The molecule has 0 saturated carbocycles. The summed E-state index contributed by atoms with van der Waals surface area (Å²) in [5, 5.41) is 3.42. The molecule has 1 aromatic carbocycles. The van der Waals surface area contributed by atoms with Crippen molar-refractivity contribution in [1.29, 1.82) is 0 Å². The summed E-state index contributed by atoms with van der Waals surface area (Å²) in [4.78, 5) is 9.33. The van der Waals surface area contributed by atoms with Crippen molar-refractivity contribution in [3.8, 4) is 5.75 Å². The molecule has 0 bridgehead atoms. The van der Waals surface area contributed by atoms with Gasteiger partial charge in [-0.1, -0.05) is 18.2 Å². The van der Waals surface area contributed by atoms with Crippen LogP contribution in [-0.4, -0.2) is 76.9 Å². The number of para-hydroxylation sites is 1. The van der Waals surface area contributed by atoms with Gasteiger partial charge in [0.25, 0.3) is 0 Å². The molecule has 1 aliphatic rings. The summed E-state index contributed by atoms with van der Waals surface area (Å²) in [6.45, 7) is 6.32. The maximum atomic E-state index is 5.55. The standard InChI is InChI=1S/C20H34N4O2.HI/c1-6-21-20(24(4)14-16-11-12-26-15-16)22-13-18(23(2)3)17-9-7-8-10-19(17)25-5;/h7-10,16,18H,6,11-15H2,1-5H3,(H,21,22);1H. The van der Waals surface area contributed by atoms with Crippen molar-refractivity contribution in [3.05, 3.63) is 29.8 Å². The molecule has 1 saturated heterocycles. The first-order chi connectivity index (χ1) is 12.6. The van der Waals surface area contributed by atoms with Crippen LogP contribution in [0.1, 0.15) is 24.9 Å². The predicted octanol–water partition coefficient (Wildman–Crippen LogP) is 2.85. The molecule has 1 fully saturated rings. The Labute approximate surface area is 181 Å². The molecule has 0 spiro atoms. The Morgan fingerprint density at radius 3 is 2.67 bits per heavy atom. The smallest absolute Gasteiger partial charge is 0.193 e. The van der Waals surface area contributed by atoms with Gasteiger partial charge >= 0.3 is 0 Å². The zero-order valence-corrected chi connectivity index (χ0v) is 19.6. The molecule has 2 unspecified atom stereocenters. The van der Waals surface area contributed by atoms with E-state index in [0.29, 0.717) is 12.5 Å². The number of hydrogen-bond acceptors (Lipinski definition) is 4. The molecule has 1 aromatic rings. The average molecular weight is 490 g/mol. The van der Waals surface area contributed by atoms with Crippen LogP contribution in [0.5, 0.6) is 5.75 Å². The molecule has 1 heterocycles. The Morgan fingerprint density at radius 2 is 2.07 bits per heavy atom. The number of nitrogens with zero attached hydrogens (tertiary/aromatic N) is 3. The number of aliphatic imine (C=N–C) groups is 1.